The highest BCUT2D eigenvalue weighted by atomic mass is 16.7. The van der Waals surface area contributed by atoms with Crippen LogP contribution in [-0.4, -0.2) is 34.3 Å². The van der Waals surface area contributed by atoms with Crippen LogP contribution in [0.4, 0.5) is 0 Å². The van der Waals surface area contributed by atoms with Crippen LogP contribution in [0, 0.1) is 0 Å². The summed E-state index contributed by atoms with van der Waals surface area (Å²) in [4.78, 5) is 7.16. The maximum atomic E-state index is 5.52. The molecule has 29 heavy (non-hydrogen) atoms. The van der Waals surface area contributed by atoms with E-state index in [0.29, 0.717) is 18.8 Å². The quantitative estimate of drug-likeness (QED) is 0.625. The van der Waals surface area contributed by atoms with Gasteiger partial charge in [0.1, 0.15) is 0 Å². The van der Waals surface area contributed by atoms with Gasteiger partial charge in [-0.05, 0) is 80.3 Å². The van der Waals surface area contributed by atoms with Gasteiger partial charge in [-0.25, -0.2) is 0 Å². The van der Waals surface area contributed by atoms with Crippen molar-refractivity contribution in [3.8, 4) is 22.8 Å². The molecule has 0 unspecified atom stereocenters. The molecule has 0 aliphatic carbocycles. The van der Waals surface area contributed by atoms with Crippen LogP contribution in [-0.2, 0) is 6.54 Å². The Morgan fingerprint density at radius 2 is 2.00 bits per heavy atom. The Balaban J connectivity index is 1.28. The van der Waals surface area contributed by atoms with Crippen molar-refractivity contribution < 1.29 is 9.47 Å². The predicted octanol–water partition coefficient (Wildman–Crippen LogP) is 4.85. The third-order valence-electron chi connectivity index (χ3n) is 5.97. The lowest BCUT2D eigenvalue weighted by Crippen LogP contribution is -2.19. The van der Waals surface area contributed by atoms with Crippen LogP contribution in [0.2, 0.25) is 0 Å². The molecule has 0 spiro atoms. The van der Waals surface area contributed by atoms with Gasteiger partial charge >= 0.3 is 0 Å². The largest absolute Gasteiger partial charge is 0.454 e. The van der Waals surface area contributed by atoms with E-state index >= 15 is 0 Å². The molecular weight excluding hydrogens is 362 g/mol. The SMILES string of the molecule is CC(C)n1ccc(CN2CC[C@@H](c3ccnc(-c4ccc5c(c4)OCO5)c3)C2)c1. The number of hydrogen-bond acceptors (Lipinski definition) is 4. The van der Waals surface area contributed by atoms with Gasteiger partial charge in [-0.2, -0.15) is 0 Å². The summed E-state index contributed by atoms with van der Waals surface area (Å²) in [6.45, 7) is 7.99. The zero-order valence-electron chi connectivity index (χ0n) is 17.0. The van der Waals surface area contributed by atoms with Crippen LogP contribution in [0.3, 0.4) is 0 Å². The standard InChI is InChI=1S/C24H27N3O2/c1-17(2)27-10-6-18(14-27)13-26-9-7-21(15-26)19-5-8-25-22(11-19)20-3-4-23-24(12-20)29-16-28-23/h3-6,8,10-12,14,17,21H,7,9,13,15-16H2,1-2H3/t21-/m1/s1. The Bertz CT molecular complexity index is 1010. The van der Waals surface area contributed by atoms with Crippen molar-refractivity contribution in [1.29, 1.82) is 0 Å². The molecule has 0 amide bonds. The van der Waals surface area contributed by atoms with Crippen molar-refractivity contribution in [2.75, 3.05) is 19.9 Å². The molecule has 2 aromatic heterocycles. The third-order valence-corrected chi connectivity index (χ3v) is 5.97. The Morgan fingerprint density at radius 1 is 1.10 bits per heavy atom. The average Bonchev–Trinajstić information content (AvgIpc) is 3.48. The van der Waals surface area contributed by atoms with Gasteiger partial charge in [0.2, 0.25) is 6.79 Å². The number of fused-ring (bicyclic) bond motifs is 1. The number of likely N-dealkylation sites (tertiary alicyclic amines) is 1. The van der Waals surface area contributed by atoms with Crippen molar-refractivity contribution in [3.63, 3.8) is 0 Å². The number of nitrogens with zero attached hydrogens (tertiary/aromatic N) is 3. The van der Waals surface area contributed by atoms with E-state index in [1.54, 1.807) is 0 Å². The Hall–Kier alpha value is -2.79. The van der Waals surface area contributed by atoms with Crippen LogP contribution in [0.15, 0.2) is 55.0 Å². The minimum absolute atomic E-state index is 0.296. The van der Waals surface area contributed by atoms with Gasteiger partial charge in [-0.15, -0.1) is 0 Å². The van der Waals surface area contributed by atoms with E-state index in [9.17, 15) is 0 Å². The molecule has 2 aliphatic heterocycles. The van der Waals surface area contributed by atoms with E-state index in [2.05, 4.69) is 65.0 Å². The van der Waals surface area contributed by atoms with Crippen molar-refractivity contribution in [1.82, 2.24) is 14.5 Å². The lowest BCUT2D eigenvalue weighted by Gasteiger charge is -2.16. The molecule has 1 fully saturated rings. The molecule has 1 atom stereocenters. The van der Waals surface area contributed by atoms with Gasteiger partial charge < -0.3 is 14.0 Å². The van der Waals surface area contributed by atoms with Crippen LogP contribution < -0.4 is 9.47 Å². The highest BCUT2D eigenvalue weighted by molar-refractivity contribution is 5.65. The van der Waals surface area contributed by atoms with Crippen LogP contribution in [0.5, 0.6) is 11.5 Å². The normalized spacial score (nSPS) is 18.7. The Morgan fingerprint density at radius 3 is 2.86 bits per heavy atom. The van der Waals surface area contributed by atoms with Crippen LogP contribution >= 0.6 is 0 Å². The first-order valence-electron chi connectivity index (χ1n) is 10.4. The first-order chi connectivity index (χ1) is 14.2. The van der Waals surface area contributed by atoms with Gasteiger partial charge in [-0.1, -0.05) is 0 Å². The van der Waals surface area contributed by atoms with Crippen LogP contribution in [0.25, 0.3) is 11.3 Å². The fourth-order valence-corrected chi connectivity index (χ4v) is 4.30. The van der Waals surface area contributed by atoms with Gasteiger partial charge in [0.15, 0.2) is 11.5 Å². The lowest BCUT2D eigenvalue weighted by atomic mass is 9.97. The maximum absolute atomic E-state index is 5.52. The monoisotopic (exact) mass is 389 g/mol. The van der Waals surface area contributed by atoms with Crippen molar-refractivity contribution >= 4 is 0 Å². The van der Waals surface area contributed by atoms with E-state index in [1.807, 2.05) is 18.3 Å². The van der Waals surface area contributed by atoms with E-state index in [0.717, 1.165) is 42.4 Å². The Labute approximate surface area is 171 Å². The molecule has 150 valence electrons. The van der Waals surface area contributed by atoms with E-state index in [1.165, 1.54) is 17.5 Å². The molecule has 2 aliphatic rings. The van der Waals surface area contributed by atoms with E-state index in [4.69, 9.17) is 9.47 Å². The molecule has 3 aromatic rings. The highest BCUT2D eigenvalue weighted by Crippen LogP contribution is 2.36. The van der Waals surface area contributed by atoms with Gasteiger partial charge in [-0.3, -0.25) is 9.88 Å². The fraction of sp³-hybridized carbons (Fsp3) is 0.375. The number of aromatic nitrogens is 2. The summed E-state index contributed by atoms with van der Waals surface area (Å²) in [5.41, 5.74) is 4.83. The third kappa shape index (κ3) is 3.75. The smallest absolute Gasteiger partial charge is 0.231 e. The van der Waals surface area contributed by atoms with Crippen molar-refractivity contribution in [2.24, 2.45) is 0 Å². The fourth-order valence-electron chi connectivity index (χ4n) is 4.30. The number of rotatable bonds is 5. The summed E-state index contributed by atoms with van der Waals surface area (Å²) >= 11 is 0. The second-order valence-corrected chi connectivity index (χ2v) is 8.32. The second kappa shape index (κ2) is 7.56. The Kier molecular flexibility index (Phi) is 4.76. The van der Waals surface area contributed by atoms with Crippen molar-refractivity contribution in [3.05, 3.63) is 66.1 Å². The molecule has 1 aromatic carbocycles. The molecule has 0 saturated carbocycles. The number of hydrogen-bond donors (Lipinski definition) is 0. The lowest BCUT2D eigenvalue weighted by molar-refractivity contribution is 0.174. The first-order valence-corrected chi connectivity index (χ1v) is 10.4. The van der Waals surface area contributed by atoms with E-state index in [-0.39, 0.29) is 0 Å². The molecule has 5 nitrogen and oxygen atoms in total. The van der Waals surface area contributed by atoms with Crippen LogP contribution in [0.1, 0.15) is 43.4 Å². The summed E-state index contributed by atoms with van der Waals surface area (Å²) in [6, 6.07) is 13.2. The summed E-state index contributed by atoms with van der Waals surface area (Å²) in [5.74, 6) is 2.16. The molecular formula is C24H27N3O2. The summed E-state index contributed by atoms with van der Waals surface area (Å²) < 4.78 is 13.2. The molecule has 0 radical (unpaired) electrons. The van der Waals surface area contributed by atoms with Gasteiger partial charge in [0.25, 0.3) is 0 Å². The number of benzene rings is 1. The number of ether oxygens (including phenoxy) is 2. The zero-order chi connectivity index (χ0) is 19.8. The predicted molar refractivity (Wildman–Crippen MR) is 113 cm³/mol. The molecule has 5 rings (SSSR count). The summed E-state index contributed by atoms with van der Waals surface area (Å²) in [5, 5.41) is 0. The van der Waals surface area contributed by atoms with Gasteiger partial charge in [0.05, 0.1) is 5.69 Å². The number of pyridine rings is 1. The van der Waals surface area contributed by atoms with Crippen molar-refractivity contribution in [2.45, 2.75) is 38.8 Å². The summed E-state index contributed by atoms with van der Waals surface area (Å²) in [6.07, 6.45) is 7.59. The minimum atomic E-state index is 0.296. The maximum Gasteiger partial charge on any atom is 0.231 e. The molecule has 1 saturated heterocycles. The van der Waals surface area contributed by atoms with Gasteiger partial charge in [0, 0.05) is 43.3 Å². The molecule has 4 heterocycles. The summed E-state index contributed by atoms with van der Waals surface area (Å²) in [7, 11) is 0. The minimum Gasteiger partial charge on any atom is -0.454 e. The molecule has 5 heteroatoms. The zero-order valence-corrected chi connectivity index (χ0v) is 17.0. The first kappa shape index (κ1) is 18.3. The topological polar surface area (TPSA) is 39.5 Å². The highest BCUT2D eigenvalue weighted by Gasteiger charge is 2.25. The molecule has 0 bridgehead atoms. The second-order valence-electron chi connectivity index (χ2n) is 8.32. The average molecular weight is 389 g/mol. The van der Waals surface area contributed by atoms with E-state index < -0.39 is 0 Å². The molecule has 0 N–H and O–H groups in total.